The van der Waals surface area contributed by atoms with Gasteiger partial charge in [0.1, 0.15) is 6.54 Å². The second kappa shape index (κ2) is 6.64. The van der Waals surface area contributed by atoms with Gasteiger partial charge in [0, 0.05) is 17.9 Å². The molecule has 0 spiro atoms. The van der Waals surface area contributed by atoms with Crippen LogP contribution in [0.3, 0.4) is 0 Å². The van der Waals surface area contributed by atoms with Crippen LogP contribution in [0.1, 0.15) is 27.7 Å². The third kappa shape index (κ3) is 6.99. The van der Waals surface area contributed by atoms with Crippen molar-refractivity contribution in [3.63, 3.8) is 0 Å². The second-order valence-electron chi connectivity index (χ2n) is 4.98. The van der Waals surface area contributed by atoms with Crippen LogP contribution in [0.25, 0.3) is 0 Å². The molecule has 0 bridgehead atoms. The van der Waals surface area contributed by atoms with Gasteiger partial charge in [0.2, 0.25) is 5.91 Å². The van der Waals surface area contributed by atoms with Gasteiger partial charge < -0.3 is 5.11 Å². The number of hydrazone groups is 1. The van der Waals surface area contributed by atoms with Gasteiger partial charge in [0.05, 0.1) is 0 Å². The lowest BCUT2D eigenvalue weighted by Gasteiger charge is -2.20. The lowest BCUT2D eigenvalue weighted by atomic mass is 9.99. The molecule has 0 aliphatic heterocycles. The molecule has 6 heteroatoms. The third-order valence-electron chi connectivity index (χ3n) is 1.82. The van der Waals surface area contributed by atoms with E-state index < -0.39 is 12.5 Å². The van der Waals surface area contributed by atoms with Crippen molar-refractivity contribution in [3.05, 3.63) is 0 Å². The fourth-order valence-corrected chi connectivity index (χ4v) is 1.04. The fourth-order valence-electron chi connectivity index (χ4n) is 0.879. The molecule has 0 saturated heterocycles. The Morgan fingerprint density at radius 1 is 1.47 bits per heavy atom. The molecule has 1 N–H and O–H groups in total. The van der Waals surface area contributed by atoms with Crippen molar-refractivity contribution in [2.45, 2.75) is 27.7 Å². The van der Waals surface area contributed by atoms with Gasteiger partial charge in [-0.3, -0.25) is 9.59 Å². The summed E-state index contributed by atoms with van der Waals surface area (Å²) in [5, 5.41) is 13.7. The highest BCUT2D eigenvalue weighted by Gasteiger charge is 2.21. The Balaban J connectivity index is 4.82. The number of thiol groups is 1. The predicted octanol–water partition coefficient (Wildman–Crippen LogP) is 1.50. The monoisotopic (exact) mass is 260 g/mol. The molecule has 0 saturated carbocycles. The number of carbonyl (C=O) groups is 2. The summed E-state index contributed by atoms with van der Waals surface area (Å²) in [6.45, 7) is 7.02. The Morgan fingerprint density at radius 3 is 2.35 bits per heavy atom. The van der Waals surface area contributed by atoms with Crippen LogP contribution in [-0.2, 0) is 9.59 Å². The molecule has 17 heavy (non-hydrogen) atoms. The van der Waals surface area contributed by atoms with Gasteiger partial charge in [-0.05, 0) is 5.41 Å². The van der Waals surface area contributed by atoms with E-state index in [4.69, 9.17) is 5.11 Å². The number of hydrogen-bond donors (Lipinski definition) is 2. The summed E-state index contributed by atoms with van der Waals surface area (Å²) in [4.78, 5) is 22.5. The molecule has 1 atom stereocenters. The summed E-state index contributed by atoms with van der Waals surface area (Å²) >= 11 is 4.02. The van der Waals surface area contributed by atoms with Crippen molar-refractivity contribution < 1.29 is 14.7 Å². The quantitative estimate of drug-likeness (QED) is 0.447. The maximum absolute atomic E-state index is 11.8. The Morgan fingerprint density at radius 2 is 2.00 bits per heavy atom. The molecule has 1 amide bonds. The Labute approximate surface area is 107 Å². The number of carboxylic acid groups (broad SMARTS) is 1. The summed E-state index contributed by atoms with van der Waals surface area (Å²) in [5.74, 6) is -1.41. The number of amides is 1. The summed E-state index contributed by atoms with van der Waals surface area (Å²) in [6.07, 6.45) is 1.57. The molecule has 0 heterocycles. The average molecular weight is 260 g/mol. The maximum atomic E-state index is 11.8. The zero-order valence-electron chi connectivity index (χ0n) is 10.7. The van der Waals surface area contributed by atoms with Crippen molar-refractivity contribution in [2.24, 2.45) is 16.4 Å². The van der Waals surface area contributed by atoms with Crippen LogP contribution in [0, 0.1) is 11.3 Å². The Bertz CT molecular complexity index is 310. The molecule has 0 radical (unpaired) electrons. The van der Waals surface area contributed by atoms with Gasteiger partial charge >= 0.3 is 5.97 Å². The van der Waals surface area contributed by atoms with Crippen LogP contribution in [0.5, 0.6) is 0 Å². The molecule has 0 aromatic rings. The maximum Gasteiger partial charge on any atom is 0.325 e. The standard InChI is InChI=1S/C11H20N2O3S/c1-8(6-17)10(16)13(5-9(14)15)12-7-11(2,3)4/h7-8,17H,5-6H2,1-4H3,(H,14,15)/b12-7-/t8-/m1/s1. The number of aliphatic carboxylic acids is 1. The van der Waals surface area contributed by atoms with Crippen LogP contribution in [-0.4, -0.2) is 40.5 Å². The van der Waals surface area contributed by atoms with Crippen molar-refractivity contribution in [2.75, 3.05) is 12.3 Å². The topological polar surface area (TPSA) is 70.0 Å². The number of rotatable bonds is 5. The highest BCUT2D eigenvalue weighted by molar-refractivity contribution is 7.80. The lowest BCUT2D eigenvalue weighted by Crippen LogP contribution is -2.36. The second-order valence-corrected chi connectivity index (χ2v) is 5.35. The first-order valence-electron chi connectivity index (χ1n) is 5.36. The van der Waals surface area contributed by atoms with Gasteiger partial charge in [-0.2, -0.15) is 17.7 Å². The smallest absolute Gasteiger partial charge is 0.325 e. The van der Waals surface area contributed by atoms with Crippen molar-refractivity contribution in [3.8, 4) is 0 Å². The van der Waals surface area contributed by atoms with Gasteiger partial charge in [-0.25, -0.2) is 5.01 Å². The third-order valence-corrected chi connectivity index (χ3v) is 2.37. The van der Waals surface area contributed by atoms with Crippen molar-refractivity contribution in [1.29, 1.82) is 0 Å². The van der Waals surface area contributed by atoms with E-state index in [1.165, 1.54) is 0 Å². The van der Waals surface area contributed by atoms with E-state index in [-0.39, 0.29) is 17.2 Å². The van der Waals surface area contributed by atoms with E-state index >= 15 is 0 Å². The Kier molecular flexibility index (Phi) is 6.23. The highest BCUT2D eigenvalue weighted by Crippen LogP contribution is 2.11. The molecular weight excluding hydrogens is 240 g/mol. The largest absolute Gasteiger partial charge is 0.480 e. The van der Waals surface area contributed by atoms with Gasteiger partial charge in [-0.1, -0.05) is 27.7 Å². The number of carboxylic acids is 1. The first kappa shape index (κ1) is 16.0. The van der Waals surface area contributed by atoms with Crippen LogP contribution < -0.4 is 0 Å². The molecule has 98 valence electrons. The average Bonchev–Trinajstić information content (AvgIpc) is 2.20. The van der Waals surface area contributed by atoms with E-state index in [2.05, 4.69) is 17.7 Å². The van der Waals surface area contributed by atoms with Gasteiger partial charge in [-0.15, -0.1) is 0 Å². The van der Waals surface area contributed by atoms with Gasteiger partial charge in [0.25, 0.3) is 0 Å². The van der Waals surface area contributed by atoms with Crippen molar-refractivity contribution >= 4 is 30.7 Å². The molecule has 0 aliphatic carbocycles. The molecule has 0 rings (SSSR count). The number of hydrogen-bond acceptors (Lipinski definition) is 4. The van der Waals surface area contributed by atoms with E-state index in [0.29, 0.717) is 5.75 Å². The SMILES string of the molecule is C[C@H](CS)C(=O)N(CC(=O)O)/N=C\C(C)(C)C. The van der Waals surface area contributed by atoms with E-state index in [1.807, 2.05) is 20.8 Å². The van der Waals surface area contributed by atoms with Crippen LogP contribution >= 0.6 is 12.6 Å². The summed E-state index contributed by atoms with van der Waals surface area (Å²) < 4.78 is 0. The van der Waals surface area contributed by atoms with E-state index in [9.17, 15) is 9.59 Å². The van der Waals surface area contributed by atoms with E-state index in [0.717, 1.165) is 5.01 Å². The summed E-state index contributed by atoms with van der Waals surface area (Å²) in [5.41, 5.74) is -0.207. The molecule has 0 aliphatic rings. The minimum Gasteiger partial charge on any atom is -0.480 e. The zero-order chi connectivity index (χ0) is 13.6. The first-order chi connectivity index (χ1) is 7.67. The predicted molar refractivity (Wildman–Crippen MR) is 70.3 cm³/mol. The molecule has 0 fully saturated rings. The molecular formula is C11H20N2O3S. The van der Waals surface area contributed by atoms with Crippen LogP contribution in [0.4, 0.5) is 0 Å². The molecule has 0 aromatic heterocycles. The normalized spacial score (nSPS) is 13.7. The summed E-state index contributed by atoms with van der Waals surface area (Å²) in [7, 11) is 0. The van der Waals surface area contributed by atoms with Crippen LogP contribution in [0.15, 0.2) is 5.10 Å². The number of carbonyl (C=O) groups excluding carboxylic acids is 1. The minimum atomic E-state index is -1.09. The Hall–Kier alpha value is -1.04. The first-order valence-corrected chi connectivity index (χ1v) is 6.00. The van der Waals surface area contributed by atoms with E-state index in [1.54, 1.807) is 13.1 Å². The minimum absolute atomic E-state index is 0.207. The highest BCUT2D eigenvalue weighted by atomic mass is 32.1. The van der Waals surface area contributed by atoms with Crippen molar-refractivity contribution in [1.82, 2.24) is 5.01 Å². The molecule has 0 aromatic carbocycles. The van der Waals surface area contributed by atoms with Crippen LogP contribution in [0.2, 0.25) is 0 Å². The number of nitrogens with zero attached hydrogens (tertiary/aromatic N) is 2. The van der Waals surface area contributed by atoms with Gasteiger partial charge in [0.15, 0.2) is 0 Å². The molecule has 0 unspecified atom stereocenters. The zero-order valence-corrected chi connectivity index (χ0v) is 11.6. The lowest BCUT2D eigenvalue weighted by molar-refractivity contribution is -0.145. The fraction of sp³-hybridized carbons (Fsp3) is 0.727. The molecule has 5 nitrogen and oxygen atoms in total. The summed E-state index contributed by atoms with van der Waals surface area (Å²) in [6, 6.07) is 0.